The lowest BCUT2D eigenvalue weighted by Crippen LogP contribution is -2.16. The molecule has 1 rings (SSSR count). The lowest BCUT2D eigenvalue weighted by Gasteiger charge is -2.12. The van der Waals surface area contributed by atoms with Gasteiger partial charge in [0.1, 0.15) is 0 Å². The van der Waals surface area contributed by atoms with Crippen LogP contribution >= 0.6 is 47.8 Å². The van der Waals surface area contributed by atoms with Crippen LogP contribution in [0.3, 0.4) is 0 Å². The zero-order valence-corrected chi connectivity index (χ0v) is 15.1. The maximum absolute atomic E-state index is 11.3. The molecule has 0 radical (unpaired) electrons. The number of carbonyl (C=O) groups is 2. The standard InChI is InChI=1S/C8H6Br2O2.C5H7Br/c1-3-5(9)8(12)4(2)6(10)7(3)11;1-4(2)5(3)6/h1-2H3;1,3H2,2H3. The summed E-state index contributed by atoms with van der Waals surface area (Å²) in [5.74, 6) is -0.252. The van der Waals surface area contributed by atoms with E-state index in [1.165, 1.54) is 0 Å². The Kier molecular flexibility index (Phi) is 7.25. The number of hydrogen-bond acceptors (Lipinski definition) is 2. The van der Waals surface area contributed by atoms with E-state index in [-0.39, 0.29) is 11.6 Å². The quantitative estimate of drug-likeness (QED) is 0.427. The molecule has 0 fully saturated rings. The first-order chi connectivity index (χ1) is 8.11. The van der Waals surface area contributed by atoms with E-state index < -0.39 is 0 Å². The highest BCUT2D eigenvalue weighted by Gasteiger charge is 2.27. The average Bonchev–Trinajstić information content (AvgIpc) is 2.32. The highest BCUT2D eigenvalue weighted by atomic mass is 79.9. The van der Waals surface area contributed by atoms with Crippen LogP contribution < -0.4 is 0 Å². The number of halogens is 3. The van der Waals surface area contributed by atoms with Crippen molar-refractivity contribution < 1.29 is 9.59 Å². The summed E-state index contributed by atoms with van der Waals surface area (Å²) < 4.78 is 1.61. The molecule has 1 aliphatic rings. The molecule has 2 nitrogen and oxygen atoms in total. The van der Waals surface area contributed by atoms with E-state index in [0.717, 1.165) is 10.1 Å². The summed E-state index contributed by atoms with van der Waals surface area (Å²) in [4.78, 5) is 22.7. The Morgan fingerprint density at radius 3 is 1.33 bits per heavy atom. The molecule has 0 spiro atoms. The van der Waals surface area contributed by atoms with Crippen molar-refractivity contribution in [3.8, 4) is 0 Å². The molecule has 0 heterocycles. The van der Waals surface area contributed by atoms with Crippen LogP contribution in [-0.2, 0) is 9.59 Å². The van der Waals surface area contributed by atoms with E-state index in [1.807, 2.05) is 6.92 Å². The van der Waals surface area contributed by atoms with Gasteiger partial charge in [-0.15, -0.1) is 0 Å². The van der Waals surface area contributed by atoms with Crippen molar-refractivity contribution in [3.05, 3.63) is 43.3 Å². The minimum Gasteiger partial charge on any atom is -0.288 e. The topological polar surface area (TPSA) is 34.1 Å². The van der Waals surface area contributed by atoms with Crippen LogP contribution in [0, 0.1) is 0 Å². The largest absolute Gasteiger partial charge is 0.288 e. The fourth-order valence-corrected chi connectivity index (χ4v) is 1.82. The number of rotatable bonds is 1. The number of Topliss-reactive ketones (excluding diaryl/α,β-unsaturated/α-hetero) is 2. The number of hydrogen-bond donors (Lipinski definition) is 0. The Bertz CT molecular complexity index is 422. The van der Waals surface area contributed by atoms with Gasteiger partial charge >= 0.3 is 0 Å². The maximum atomic E-state index is 11.3. The van der Waals surface area contributed by atoms with Crippen LogP contribution in [0.5, 0.6) is 0 Å². The summed E-state index contributed by atoms with van der Waals surface area (Å²) in [6.07, 6.45) is 0. The van der Waals surface area contributed by atoms with Gasteiger partial charge in [-0.1, -0.05) is 29.1 Å². The summed E-state index contributed by atoms with van der Waals surface area (Å²) in [6.45, 7) is 12.3. The molecule has 0 atom stereocenters. The van der Waals surface area contributed by atoms with E-state index in [0.29, 0.717) is 20.1 Å². The van der Waals surface area contributed by atoms with Gasteiger partial charge in [-0.05, 0) is 58.2 Å². The van der Waals surface area contributed by atoms with Gasteiger partial charge in [0.15, 0.2) is 11.6 Å². The summed E-state index contributed by atoms with van der Waals surface area (Å²) in [5.41, 5.74) is 1.89. The molecular formula is C13H13Br3O2. The van der Waals surface area contributed by atoms with E-state index in [2.05, 4.69) is 60.9 Å². The molecule has 0 saturated heterocycles. The van der Waals surface area contributed by atoms with E-state index >= 15 is 0 Å². The zero-order valence-electron chi connectivity index (χ0n) is 10.4. The van der Waals surface area contributed by atoms with Gasteiger partial charge in [-0.3, -0.25) is 9.59 Å². The second kappa shape index (κ2) is 7.36. The van der Waals surface area contributed by atoms with Crippen LogP contribution in [0.2, 0.25) is 0 Å². The molecule has 0 unspecified atom stereocenters. The summed E-state index contributed by atoms with van der Waals surface area (Å²) in [6, 6.07) is 0. The third-order valence-corrected chi connectivity index (χ3v) is 4.79. The highest BCUT2D eigenvalue weighted by molar-refractivity contribution is 9.12. The Hall–Kier alpha value is -0.260. The first-order valence-corrected chi connectivity index (χ1v) is 7.31. The molecule has 1 aliphatic carbocycles. The maximum Gasteiger partial charge on any atom is 0.197 e. The number of allylic oxidation sites excluding steroid dienone is 6. The van der Waals surface area contributed by atoms with Gasteiger partial charge in [0.05, 0.1) is 8.96 Å². The van der Waals surface area contributed by atoms with Crippen LogP contribution in [0.1, 0.15) is 20.8 Å². The predicted molar refractivity (Wildman–Crippen MR) is 86.1 cm³/mol. The molecule has 0 N–H and O–H groups in total. The number of carbonyl (C=O) groups excluding carboxylic acids is 2. The summed E-state index contributed by atoms with van der Waals surface area (Å²) >= 11 is 9.31. The predicted octanol–water partition coefficient (Wildman–Crippen LogP) is 4.95. The Morgan fingerprint density at radius 1 is 0.944 bits per heavy atom. The van der Waals surface area contributed by atoms with Gasteiger partial charge < -0.3 is 0 Å². The zero-order chi connectivity index (χ0) is 14.6. The molecule has 98 valence electrons. The highest BCUT2D eigenvalue weighted by Crippen LogP contribution is 2.30. The third-order valence-electron chi connectivity index (χ3n) is 2.20. The Balaban J connectivity index is 0.000000411. The van der Waals surface area contributed by atoms with Crippen LogP contribution in [0.25, 0.3) is 0 Å². The van der Waals surface area contributed by atoms with Crippen molar-refractivity contribution in [2.45, 2.75) is 20.8 Å². The normalized spacial score (nSPS) is 15.4. The molecule has 5 heteroatoms. The van der Waals surface area contributed by atoms with E-state index in [4.69, 9.17) is 0 Å². The molecule has 18 heavy (non-hydrogen) atoms. The fraction of sp³-hybridized carbons (Fsp3) is 0.231. The van der Waals surface area contributed by atoms with Gasteiger partial charge in [0, 0.05) is 15.6 Å². The Labute approximate surface area is 132 Å². The fourth-order valence-electron chi connectivity index (χ4n) is 0.869. The first kappa shape index (κ1) is 17.7. The minimum atomic E-state index is -0.126. The lowest BCUT2D eigenvalue weighted by atomic mass is 9.99. The number of ketones is 2. The molecule has 0 amide bonds. The molecule has 0 aliphatic heterocycles. The Morgan fingerprint density at radius 2 is 1.17 bits per heavy atom. The van der Waals surface area contributed by atoms with Gasteiger partial charge in [-0.25, -0.2) is 0 Å². The van der Waals surface area contributed by atoms with Gasteiger partial charge in [-0.2, -0.15) is 0 Å². The third kappa shape index (κ3) is 4.44. The first-order valence-electron chi connectivity index (χ1n) is 4.93. The molecule has 0 bridgehead atoms. The van der Waals surface area contributed by atoms with Crippen molar-refractivity contribution in [1.82, 2.24) is 0 Å². The molecular weight excluding hydrogens is 428 g/mol. The second-order valence-corrected chi connectivity index (χ2v) is 6.26. The summed E-state index contributed by atoms with van der Waals surface area (Å²) in [7, 11) is 0. The van der Waals surface area contributed by atoms with Crippen molar-refractivity contribution >= 4 is 59.4 Å². The molecule has 0 aromatic carbocycles. The second-order valence-electron chi connectivity index (χ2n) is 3.72. The minimum absolute atomic E-state index is 0.126. The molecule has 0 aromatic heterocycles. The average molecular weight is 441 g/mol. The monoisotopic (exact) mass is 438 g/mol. The molecule has 0 saturated carbocycles. The van der Waals surface area contributed by atoms with Crippen molar-refractivity contribution in [2.24, 2.45) is 0 Å². The lowest BCUT2D eigenvalue weighted by molar-refractivity contribution is -0.115. The van der Waals surface area contributed by atoms with Crippen LogP contribution in [0.15, 0.2) is 43.3 Å². The van der Waals surface area contributed by atoms with Gasteiger partial charge in [0.2, 0.25) is 0 Å². The van der Waals surface area contributed by atoms with Crippen molar-refractivity contribution in [1.29, 1.82) is 0 Å². The van der Waals surface area contributed by atoms with Crippen LogP contribution in [0.4, 0.5) is 0 Å². The molecule has 0 aromatic rings. The summed E-state index contributed by atoms with van der Waals surface area (Å²) in [5, 5.41) is 0. The van der Waals surface area contributed by atoms with E-state index in [9.17, 15) is 9.59 Å². The smallest absolute Gasteiger partial charge is 0.197 e. The van der Waals surface area contributed by atoms with Crippen molar-refractivity contribution in [2.75, 3.05) is 0 Å². The van der Waals surface area contributed by atoms with Crippen molar-refractivity contribution in [3.63, 3.8) is 0 Å². The SMILES string of the molecule is C=C(C)C(=C)Br.CC1=C(Br)C(=O)C(C)=C(Br)C1=O. The van der Waals surface area contributed by atoms with Crippen LogP contribution in [-0.4, -0.2) is 11.6 Å². The van der Waals surface area contributed by atoms with Gasteiger partial charge in [0.25, 0.3) is 0 Å². The van der Waals surface area contributed by atoms with E-state index in [1.54, 1.807) is 13.8 Å².